The van der Waals surface area contributed by atoms with E-state index in [4.69, 9.17) is 5.11 Å². The molecule has 0 saturated carbocycles. The van der Waals surface area contributed by atoms with Gasteiger partial charge < -0.3 is 5.11 Å². The molecule has 0 saturated heterocycles. The summed E-state index contributed by atoms with van der Waals surface area (Å²) in [7, 11) is 0. The van der Waals surface area contributed by atoms with Gasteiger partial charge in [0.05, 0.1) is 17.8 Å². The molecule has 0 amide bonds. The summed E-state index contributed by atoms with van der Waals surface area (Å²) >= 11 is 0. The maximum Gasteiger partial charge on any atom is 0.309 e. The van der Waals surface area contributed by atoms with Crippen LogP contribution >= 0.6 is 0 Å². The molecule has 0 bridgehead atoms. The van der Waals surface area contributed by atoms with E-state index in [1.807, 2.05) is 48.5 Å². The van der Waals surface area contributed by atoms with Crippen LogP contribution in [-0.4, -0.2) is 16.1 Å². The summed E-state index contributed by atoms with van der Waals surface area (Å²) in [6, 6.07) is 15.9. The van der Waals surface area contributed by atoms with E-state index in [1.165, 1.54) is 0 Å². The molecule has 18 heavy (non-hydrogen) atoms. The molecule has 88 valence electrons. The summed E-state index contributed by atoms with van der Waals surface area (Å²) in [5, 5.41) is 11.0. The van der Waals surface area contributed by atoms with Crippen molar-refractivity contribution in [2.45, 2.75) is 6.42 Å². The zero-order valence-corrected chi connectivity index (χ0v) is 9.63. The van der Waals surface area contributed by atoms with Gasteiger partial charge in [-0.05, 0) is 22.9 Å². The Kier molecular flexibility index (Phi) is 2.45. The highest BCUT2D eigenvalue weighted by molar-refractivity contribution is 5.86. The van der Waals surface area contributed by atoms with Crippen molar-refractivity contribution in [3.05, 3.63) is 54.2 Å². The predicted octanol–water partition coefficient (Wildman–Crippen LogP) is 2.97. The van der Waals surface area contributed by atoms with Gasteiger partial charge in [-0.2, -0.15) is 0 Å². The molecule has 3 heteroatoms. The van der Waals surface area contributed by atoms with E-state index in [0.717, 1.165) is 22.0 Å². The van der Waals surface area contributed by atoms with Gasteiger partial charge in [-0.25, -0.2) is 0 Å². The first-order chi connectivity index (χ1) is 8.72. The van der Waals surface area contributed by atoms with E-state index in [-0.39, 0.29) is 6.42 Å². The highest BCUT2D eigenvalue weighted by Gasteiger charge is 2.10. The molecule has 3 nitrogen and oxygen atoms in total. The number of benzene rings is 1. The molecule has 1 aliphatic heterocycles. The third kappa shape index (κ3) is 1.91. The highest BCUT2D eigenvalue weighted by Crippen LogP contribution is 2.25. The van der Waals surface area contributed by atoms with Crippen LogP contribution in [0.4, 0.5) is 0 Å². The standard InChI is InChI=1S/C15H11NO2/c17-15(18)9-13-7-12-6-5-10-3-1-2-4-11(10)8-14(12)16-13/h1-8H,9H2,(H,17,18). The first-order valence-corrected chi connectivity index (χ1v) is 5.72. The number of nitrogens with zero attached hydrogens (tertiary/aromatic N) is 1. The molecule has 1 aliphatic carbocycles. The molecule has 0 spiro atoms. The quantitative estimate of drug-likeness (QED) is 0.745. The van der Waals surface area contributed by atoms with E-state index < -0.39 is 5.97 Å². The minimum absolute atomic E-state index is 0.0314. The minimum atomic E-state index is -0.855. The maximum atomic E-state index is 10.7. The summed E-state index contributed by atoms with van der Waals surface area (Å²) < 4.78 is 0. The summed E-state index contributed by atoms with van der Waals surface area (Å²) in [6.45, 7) is 0. The number of rotatable bonds is 2. The largest absolute Gasteiger partial charge is 0.481 e. The van der Waals surface area contributed by atoms with E-state index in [0.29, 0.717) is 5.69 Å². The fraction of sp³-hybridized carbons (Fsp3) is 0.0667. The lowest BCUT2D eigenvalue weighted by Gasteiger charge is -1.90. The topological polar surface area (TPSA) is 50.2 Å². The van der Waals surface area contributed by atoms with Crippen molar-refractivity contribution in [3.63, 3.8) is 0 Å². The zero-order chi connectivity index (χ0) is 12.5. The number of aliphatic carboxylic acids is 1. The second-order valence-corrected chi connectivity index (χ2v) is 4.27. The lowest BCUT2D eigenvalue weighted by molar-refractivity contribution is -0.136. The fourth-order valence-electron chi connectivity index (χ4n) is 2.12. The monoisotopic (exact) mass is 237 g/mol. The Morgan fingerprint density at radius 1 is 1.06 bits per heavy atom. The molecule has 1 aromatic rings. The molecule has 1 heterocycles. The lowest BCUT2D eigenvalue weighted by Crippen LogP contribution is -1.99. The van der Waals surface area contributed by atoms with E-state index in [9.17, 15) is 4.79 Å². The molecule has 0 radical (unpaired) electrons. The van der Waals surface area contributed by atoms with Crippen LogP contribution in [0.15, 0.2) is 48.5 Å². The number of carboxylic acid groups (broad SMARTS) is 1. The molecule has 2 aliphatic rings. The molecule has 0 fully saturated rings. The summed E-state index contributed by atoms with van der Waals surface area (Å²) in [5.41, 5.74) is 2.42. The third-order valence-electron chi connectivity index (χ3n) is 2.94. The van der Waals surface area contributed by atoms with E-state index in [1.54, 1.807) is 0 Å². The van der Waals surface area contributed by atoms with Crippen molar-refractivity contribution in [1.29, 1.82) is 0 Å². The van der Waals surface area contributed by atoms with Gasteiger partial charge in [0.2, 0.25) is 0 Å². The number of hydrogen-bond donors (Lipinski definition) is 1. The number of carbonyl (C=O) groups is 1. The van der Waals surface area contributed by atoms with Crippen molar-refractivity contribution >= 4 is 16.7 Å². The maximum absolute atomic E-state index is 10.7. The van der Waals surface area contributed by atoms with Crippen LogP contribution in [0.25, 0.3) is 22.0 Å². The fourth-order valence-corrected chi connectivity index (χ4v) is 2.12. The molecule has 1 aromatic carbocycles. The molecular weight excluding hydrogens is 226 g/mol. The summed E-state index contributed by atoms with van der Waals surface area (Å²) in [4.78, 5) is 15.0. The Bertz CT molecular complexity index is 706. The highest BCUT2D eigenvalue weighted by atomic mass is 16.4. The van der Waals surface area contributed by atoms with Gasteiger partial charge in [-0.1, -0.05) is 36.4 Å². The van der Waals surface area contributed by atoms with Crippen LogP contribution in [0.5, 0.6) is 0 Å². The number of hydrogen-bond acceptors (Lipinski definition) is 2. The number of carboxylic acids is 1. The van der Waals surface area contributed by atoms with Gasteiger partial charge in [0.25, 0.3) is 0 Å². The SMILES string of the molecule is O=C(O)Cc1cc2ccc3ccccc3cc-2n1. The van der Waals surface area contributed by atoms with Crippen LogP contribution in [0.2, 0.25) is 0 Å². The van der Waals surface area contributed by atoms with Gasteiger partial charge in [0.15, 0.2) is 0 Å². The number of aromatic nitrogens is 1. The average Bonchev–Trinajstić information content (AvgIpc) is 2.61. The van der Waals surface area contributed by atoms with Gasteiger partial charge in [0, 0.05) is 5.56 Å². The first-order valence-electron chi connectivity index (χ1n) is 5.72. The zero-order valence-electron chi connectivity index (χ0n) is 9.63. The van der Waals surface area contributed by atoms with Crippen molar-refractivity contribution in [3.8, 4) is 11.3 Å². The lowest BCUT2D eigenvalue weighted by atomic mass is 10.2. The normalized spacial score (nSPS) is 10.9. The Labute approximate surface area is 104 Å². The van der Waals surface area contributed by atoms with Crippen molar-refractivity contribution < 1.29 is 9.90 Å². The van der Waals surface area contributed by atoms with Crippen LogP contribution in [0.1, 0.15) is 5.69 Å². The molecule has 1 N–H and O–H groups in total. The van der Waals surface area contributed by atoms with Crippen LogP contribution in [0, 0.1) is 0 Å². The molecular formula is C15H11NO2. The predicted molar refractivity (Wildman–Crippen MR) is 69.7 cm³/mol. The Morgan fingerprint density at radius 3 is 2.61 bits per heavy atom. The van der Waals surface area contributed by atoms with Gasteiger partial charge in [0.1, 0.15) is 0 Å². The van der Waals surface area contributed by atoms with Gasteiger partial charge >= 0.3 is 5.97 Å². The average molecular weight is 237 g/mol. The molecule has 0 atom stereocenters. The smallest absolute Gasteiger partial charge is 0.309 e. The van der Waals surface area contributed by atoms with Crippen LogP contribution < -0.4 is 0 Å². The molecule has 3 rings (SSSR count). The van der Waals surface area contributed by atoms with Gasteiger partial charge in [-0.15, -0.1) is 0 Å². The molecule has 0 aromatic heterocycles. The molecule has 0 unspecified atom stereocenters. The second-order valence-electron chi connectivity index (χ2n) is 4.27. The Balaban J connectivity index is 2.19. The van der Waals surface area contributed by atoms with E-state index in [2.05, 4.69) is 4.98 Å². The summed E-state index contributed by atoms with van der Waals surface area (Å²) in [6.07, 6.45) is -0.0314. The third-order valence-corrected chi connectivity index (χ3v) is 2.94. The van der Waals surface area contributed by atoms with E-state index >= 15 is 0 Å². The Morgan fingerprint density at radius 2 is 1.83 bits per heavy atom. The van der Waals surface area contributed by atoms with Crippen molar-refractivity contribution in [2.24, 2.45) is 0 Å². The first kappa shape index (κ1) is 10.7. The van der Waals surface area contributed by atoms with Crippen molar-refractivity contribution in [2.75, 3.05) is 0 Å². The summed E-state index contributed by atoms with van der Waals surface area (Å²) in [5.74, 6) is -0.855. The van der Waals surface area contributed by atoms with Crippen molar-refractivity contribution in [1.82, 2.24) is 4.98 Å². The minimum Gasteiger partial charge on any atom is -0.481 e. The van der Waals surface area contributed by atoms with Crippen LogP contribution in [-0.2, 0) is 11.2 Å². The van der Waals surface area contributed by atoms with Gasteiger partial charge in [-0.3, -0.25) is 9.78 Å². The second kappa shape index (κ2) is 4.11. The number of fused-ring (bicyclic) bond motifs is 2. The Hall–Kier alpha value is -2.42. The van der Waals surface area contributed by atoms with Crippen LogP contribution in [0.3, 0.4) is 0 Å².